The van der Waals surface area contributed by atoms with Gasteiger partial charge in [0.05, 0.1) is 18.4 Å². The number of anilines is 1. The number of nitrogens with one attached hydrogen (secondary N) is 1. The lowest BCUT2D eigenvalue weighted by Crippen LogP contribution is -2.18. The van der Waals surface area contributed by atoms with Crippen molar-refractivity contribution < 1.29 is 14.6 Å². The molecule has 1 atom stereocenters. The van der Waals surface area contributed by atoms with Gasteiger partial charge >= 0.3 is 5.97 Å². The molecule has 0 amide bonds. The van der Waals surface area contributed by atoms with Crippen LogP contribution >= 0.6 is 0 Å². The average Bonchev–Trinajstić information content (AvgIpc) is 2.28. The van der Waals surface area contributed by atoms with Gasteiger partial charge in [-0.25, -0.2) is 9.78 Å². The van der Waals surface area contributed by atoms with Crippen LogP contribution in [-0.2, 0) is 4.74 Å². The van der Waals surface area contributed by atoms with Crippen LogP contribution in [0.4, 0.5) is 5.82 Å². The molecule has 1 unspecified atom stereocenters. The number of carbonyl (C=O) groups is 1. The smallest absolute Gasteiger partial charge is 0.339 e. The van der Waals surface area contributed by atoms with Crippen molar-refractivity contribution in [2.24, 2.45) is 0 Å². The number of aromatic nitrogens is 1. The Labute approximate surface area is 101 Å². The lowest BCUT2D eigenvalue weighted by atomic mass is 10.2. The maximum absolute atomic E-state index is 11.4. The Morgan fingerprint density at radius 3 is 2.82 bits per heavy atom. The summed E-state index contributed by atoms with van der Waals surface area (Å²) in [5.74, 6) is 0.307. The fourth-order valence-electron chi connectivity index (χ4n) is 1.49. The van der Waals surface area contributed by atoms with E-state index >= 15 is 0 Å². The van der Waals surface area contributed by atoms with Crippen molar-refractivity contribution in [2.45, 2.75) is 26.3 Å². The second-order valence-corrected chi connectivity index (χ2v) is 3.88. The zero-order valence-corrected chi connectivity index (χ0v) is 10.4. The number of nitrogens with zero attached hydrogens (tertiary/aromatic N) is 1. The first-order valence-electron chi connectivity index (χ1n) is 5.51. The van der Waals surface area contributed by atoms with E-state index in [9.17, 15) is 4.79 Å². The molecule has 0 fully saturated rings. The van der Waals surface area contributed by atoms with E-state index < -0.39 is 0 Å². The van der Waals surface area contributed by atoms with Gasteiger partial charge in [-0.2, -0.15) is 0 Å². The van der Waals surface area contributed by atoms with Crippen LogP contribution in [0.25, 0.3) is 0 Å². The molecule has 1 aromatic heterocycles. The van der Waals surface area contributed by atoms with Crippen LogP contribution < -0.4 is 5.32 Å². The lowest BCUT2D eigenvalue weighted by Gasteiger charge is -2.14. The summed E-state index contributed by atoms with van der Waals surface area (Å²) in [6.07, 6.45) is 0.652. The number of methoxy groups -OCH3 is 1. The molecule has 5 nitrogen and oxygen atoms in total. The number of pyridine rings is 1. The molecule has 0 saturated heterocycles. The predicted octanol–water partition coefficient (Wildman–Crippen LogP) is 1.36. The van der Waals surface area contributed by atoms with Crippen LogP contribution in [0, 0.1) is 6.92 Å². The first kappa shape index (κ1) is 13.4. The number of aliphatic hydroxyl groups excluding tert-OH is 1. The van der Waals surface area contributed by atoms with Crippen LogP contribution in [-0.4, -0.2) is 35.8 Å². The van der Waals surface area contributed by atoms with E-state index in [1.165, 1.54) is 7.11 Å². The molecule has 2 N–H and O–H groups in total. The van der Waals surface area contributed by atoms with Crippen LogP contribution in [0.1, 0.15) is 29.4 Å². The van der Waals surface area contributed by atoms with Crippen LogP contribution in [0.2, 0.25) is 0 Å². The number of hydrogen-bond donors (Lipinski definition) is 2. The van der Waals surface area contributed by atoms with Crippen LogP contribution in [0.5, 0.6) is 0 Å². The Morgan fingerprint density at radius 1 is 1.59 bits per heavy atom. The van der Waals surface area contributed by atoms with Gasteiger partial charge in [-0.15, -0.1) is 0 Å². The van der Waals surface area contributed by atoms with Gasteiger partial charge in [-0.05, 0) is 32.4 Å². The Morgan fingerprint density at radius 2 is 2.29 bits per heavy atom. The molecule has 5 heteroatoms. The SMILES string of the molecule is COC(=O)c1ccc(NC(C)CCO)nc1C. The fourth-order valence-corrected chi connectivity index (χ4v) is 1.49. The number of rotatable bonds is 5. The molecule has 0 aliphatic carbocycles. The van der Waals surface area contributed by atoms with Gasteiger partial charge in [0, 0.05) is 12.6 Å². The molecule has 1 heterocycles. The Kier molecular flexibility index (Phi) is 4.90. The maximum atomic E-state index is 11.4. The van der Waals surface area contributed by atoms with E-state index in [2.05, 4.69) is 15.0 Å². The fraction of sp³-hybridized carbons (Fsp3) is 0.500. The van der Waals surface area contributed by atoms with Gasteiger partial charge in [-0.3, -0.25) is 0 Å². The minimum Gasteiger partial charge on any atom is -0.465 e. The summed E-state index contributed by atoms with van der Waals surface area (Å²) in [7, 11) is 1.34. The molecule has 1 aromatic rings. The number of hydrogen-bond acceptors (Lipinski definition) is 5. The standard InChI is InChI=1S/C12H18N2O3/c1-8(6-7-15)13-11-5-4-10(9(2)14-11)12(16)17-3/h4-5,8,15H,6-7H2,1-3H3,(H,13,14). The summed E-state index contributed by atoms with van der Waals surface area (Å²) in [6, 6.07) is 3.55. The number of aryl methyl sites for hydroxylation is 1. The molecule has 94 valence electrons. The van der Waals surface area contributed by atoms with Crippen molar-refractivity contribution in [3.05, 3.63) is 23.4 Å². The summed E-state index contributed by atoms with van der Waals surface area (Å²) >= 11 is 0. The third-order valence-electron chi connectivity index (χ3n) is 2.45. The van der Waals surface area contributed by atoms with Gasteiger partial charge in [0.25, 0.3) is 0 Å². The molecule has 17 heavy (non-hydrogen) atoms. The molecule has 0 spiro atoms. The largest absolute Gasteiger partial charge is 0.465 e. The van der Waals surface area contributed by atoms with Crippen LogP contribution in [0.15, 0.2) is 12.1 Å². The molecule has 0 aromatic carbocycles. The second-order valence-electron chi connectivity index (χ2n) is 3.88. The Balaban J connectivity index is 2.78. The van der Waals surface area contributed by atoms with Crippen molar-refractivity contribution >= 4 is 11.8 Å². The van der Waals surface area contributed by atoms with Gasteiger partial charge in [0.1, 0.15) is 5.82 Å². The minimum absolute atomic E-state index is 0.132. The normalized spacial score (nSPS) is 12.0. The maximum Gasteiger partial charge on any atom is 0.339 e. The first-order chi connectivity index (χ1) is 8.08. The summed E-state index contributed by atoms with van der Waals surface area (Å²) in [4.78, 5) is 15.6. The number of ether oxygens (including phenoxy) is 1. The highest BCUT2D eigenvalue weighted by atomic mass is 16.5. The third-order valence-corrected chi connectivity index (χ3v) is 2.45. The van der Waals surface area contributed by atoms with Crippen molar-refractivity contribution in [1.82, 2.24) is 4.98 Å². The minimum atomic E-state index is -0.384. The Hall–Kier alpha value is -1.62. The monoisotopic (exact) mass is 238 g/mol. The molecule has 0 aliphatic heterocycles. The van der Waals surface area contributed by atoms with Crippen molar-refractivity contribution in [1.29, 1.82) is 0 Å². The van der Waals surface area contributed by atoms with Gasteiger partial charge in [-0.1, -0.05) is 0 Å². The van der Waals surface area contributed by atoms with E-state index in [1.807, 2.05) is 6.92 Å². The quantitative estimate of drug-likeness (QED) is 0.758. The van der Waals surface area contributed by atoms with E-state index in [4.69, 9.17) is 5.11 Å². The van der Waals surface area contributed by atoms with Gasteiger partial charge in [0.2, 0.25) is 0 Å². The zero-order valence-electron chi connectivity index (χ0n) is 10.4. The number of aliphatic hydroxyl groups is 1. The van der Waals surface area contributed by atoms with Crippen molar-refractivity contribution in [3.63, 3.8) is 0 Å². The highest BCUT2D eigenvalue weighted by molar-refractivity contribution is 5.90. The third kappa shape index (κ3) is 3.71. The summed E-state index contributed by atoms with van der Waals surface area (Å²) in [5, 5.41) is 11.9. The first-order valence-corrected chi connectivity index (χ1v) is 5.51. The predicted molar refractivity (Wildman–Crippen MR) is 65.1 cm³/mol. The summed E-state index contributed by atoms with van der Waals surface area (Å²) < 4.78 is 4.64. The van der Waals surface area contributed by atoms with Crippen molar-refractivity contribution in [3.8, 4) is 0 Å². The highest BCUT2D eigenvalue weighted by Gasteiger charge is 2.11. The van der Waals surface area contributed by atoms with Crippen molar-refractivity contribution in [2.75, 3.05) is 19.0 Å². The molecular weight excluding hydrogens is 220 g/mol. The molecule has 0 aliphatic rings. The van der Waals surface area contributed by atoms with Crippen LogP contribution in [0.3, 0.4) is 0 Å². The summed E-state index contributed by atoms with van der Waals surface area (Å²) in [6.45, 7) is 3.85. The van der Waals surface area contributed by atoms with E-state index in [0.29, 0.717) is 23.5 Å². The average molecular weight is 238 g/mol. The molecule has 0 saturated carbocycles. The highest BCUT2D eigenvalue weighted by Crippen LogP contribution is 2.13. The molecule has 0 radical (unpaired) electrons. The number of esters is 1. The number of carbonyl (C=O) groups excluding carboxylic acids is 1. The molecule has 0 bridgehead atoms. The summed E-state index contributed by atoms with van der Waals surface area (Å²) in [5.41, 5.74) is 1.09. The van der Waals surface area contributed by atoms with E-state index in [0.717, 1.165) is 0 Å². The van der Waals surface area contributed by atoms with Gasteiger partial charge in [0.15, 0.2) is 0 Å². The van der Waals surface area contributed by atoms with E-state index in [-0.39, 0.29) is 18.6 Å². The molecular formula is C12H18N2O3. The topological polar surface area (TPSA) is 71.5 Å². The second kappa shape index (κ2) is 6.20. The Bertz CT molecular complexity index is 393. The van der Waals surface area contributed by atoms with E-state index in [1.54, 1.807) is 19.1 Å². The van der Waals surface area contributed by atoms with Gasteiger partial charge < -0.3 is 15.2 Å². The lowest BCUT2D eigenvalue weighted by molar-refractivity contribution is 0.0599. The molecule has 1 rings (SSSR count). The zero-order chi connectivity index (χ0) is 12.8.